The van der Waals surface area contributed by atoms with E-state index in [-0.39, 0.29) is 17.9 Å². The van der Waals surface area contributed by atoms with Crippen molar-refractivity contribution in [3.05, 3.63) is 17.7 Å². The first-order valence-corrected chi connectivity index (χ1v) is 4.49. The van der Waals surface area contributed by atoms with Gasteiger partial charge in [0.05, 0.1) is 20.6 Å². The van der Waals surface area contributed by atoms with Crippen molar-refractivity contribution in [3.63, 3.8) is 0 Å². The normalized spacial score (nSPS) is 9.69. The molecule has 0 fully saturated rings. The van der Waals surface area contributed by atoms with Crippen LogP contribution >= 0.6 is 0 Å². The highest BCUT2D eigenvalue weighted by molar-refractivity contribution is 5.76. The number of rotatable bonds is 5. The lowest BCUT2D eigenvalue weighted by atomic mass is 10.1. The van der Waals surface area contributed by atoms with Crippen molar-refractivity contribution in [1.82, 2.24) is 0 Å². The second-order valence-corrected chi connectivity index (χ2v) is 3.02. The minimum Gasteiger partial charge on any atom is -0.493 e. The Hall–Kier alpha value is -1.95. The summed E-state index contributed by atoms with van der Waals surface area (Å²) in [5.41, 5.74) is 2.54. The standard InChI is InChI=1S/C10H13NO5/c1-15-7-4-3-6(5-8(12)13)9(11-14)10(7)16-2/h3-4,11,14H,5H2,1-2H3,(H,12,13). The lowest BCUT2D eigenvalue weighted by molar-refractivity contribution is -0.136. The lowest BCUT2D eigenvalue weighted by Gasteiger charge is -2.14. The van der Waals surface area contributed by atoms with Crippen molar-refractivity contribution in [3.8, 4) is 11.5 Å². The molecule has 0 aliphatic rings. The van der Waals surface area contributed by atoms with E-state index < -0.39 is 5.97 Å². The van der Waals surface area contributed by atoms with Crippen LogP contribution in [0.25, 0.3) is 0 Å². The van der Waals surface area contributed by atoms with Gasteiger partial charge in [0.25, 0.3) is 0 Å². The van der Waals surface area contributed by atoms with Gasteiger partial charge in [-0.05, 0) is 11.6 Å². The molecule has 88 valence electrons. The van der Waals surface area contributed by atoms with Gasteiger partial charge in [-0.25, -0.2) is 0 Å². The topological polar surface area (TPSA) is 88.0 Å². The fourth-order valence-electron chi connectivity index (χ4n) is 1.40. The largest absolute Gasteiger partial charge is 0.493 e. The van der Waals surface area contributed by atoms with Gasteiger partial charge in [0.15, 0.2) is 11.5 Å². The zero-order valence-corrected chi connectivity index (χ0v) is 8.98. The fraction of sp³-hybridized carbons (Fsp3) is 0.300. The van der Waals surface area contributed by atoms with E-state index in [0.717, 1.165) is 0 Å². The van der Waals surface area contributed by atoms with Gasteiger partial charge in [-0.15, -0.1) is 0 Å². The molecule has 0 amide bonds. The molecular weight excluding hydrogens is 214 g/mol. The molecule has 0 saturated carbocycles. The monoisotopic (exact) mass is 227 g/mol. The lowest BCUT2D eigenvalue weighted by Crippen LogP contribution is -2.06. The second kappa shape index (κ2) is 5.22. The first-order valence-electron chi connectivity index (χ1n) is 4.49. The van der Waals surface area contributed by atoms with Gasteiger partial charge < -0.3 is 14.6 Å². The number of hydrogen-bond donors (Lipinski definition) is 3. The summed E-state index contributed by atoms with van der Waals surface area (Å²) in [5.74, 6) is -0.319. The van der Waals surface area contributed by atoms with Crippen molar-refractivity contribution in [1.29, 1.82) is 0 Å². The number of aliphatic carboxylic acids is 1. The molecule has 0 saturated heterocycles. The van der Waals surface area contributed by atoms with Gasteiger partial charge in [0.1, 0.15) is 5.69 Å². The zero-order valence-electron chi connectivity index (χ0n) is 8.98. The summed E-state index contributed by atoms with van der Waals surface area (Å²) in [7, 11) is 2.86. The number of ether oxygens (including phenoxy) is 2. The average molecular weight is 227 g/mol. The molecule has 6 heteroatoms. The molecule has 1 rings (SSSR count). The SMILES string of the molecule is COc1ccc(CC(=O)O)c(NO)c1OC. The van der Waals surface area contributed by atoms with Crippen LogP contribution in [0.4, 0.5) is 5.69 Å². The Labute approximate surface area is 92.4 Å². The number of carbonyl (C=O) groups is 1. The second-order valence-electron chi connectivity index (χ2n) is 3.02. The third-order valence-electron chi connectivity index (χ3n) is 2.09. The molecule has 3 N–H and O–H groups in total. The van der Waals surface area contributed by atoms with Gasteiger partial charge in [-0.1, -0.05) is 6.07 Å². The van der Waals surface area contributed by atoms with Crippen LogP contribution in [0.5, 0.6) is 11.5 Å². The molecule has 0 aliphatic carbocycles. The van der Waals surface area contributed by atoms with Gasteiger partial charge >= 0.3 is 5.97 Å². The summed E-state index contributed by atoms with van der Waals surface area (Å²) in [6, 6.07) is 3.13. The molecular formula is C10H13NO5. The van der Waals surface area contributed by atoms with Crippen LogP contribution in [-0.4, -0.2) is 30.5 Å². The zero-order chi connectivity index (χ0) is 12.1. The molecule has 0 aliphatic heterocycles. The van der Waals surface area contributed by atoms with Crippen LogP contribution in [0.1, 0.15) is 5.56 Å². The number of methoxy groups -OCH3 is 2. The molecule has 1 aromatic rings. The number of anilines is 1. The molecule has 6 nitrogen and oxygen atoms in total. The third kappa shape index (κ3) is 2.34. The van der Waals surface area contributed by atoms with E-state index in [1.54, 1.807) is 12.1 Å². The Morgan fingerprint density at radius 1 is 1.38 bits per heavy atom. The molecule has 1 aromatic carbocycles. The van der Waals surface area contributed by atoms with Crippen molar-refractivity contribution in [2.75, 3.05) is 19.7 Å². The van der Waals surface area contributed by atoms with E-state index in [1.807, 2.05) is 5.48 Å². The molecule has 0 radical (unpaired) electrons. The quantitative estimate of drug-likeness (QED) is 0.653. The maximum atomic E-state index is 10.6. The Balaban J connectivity index is 3.25. The molecule has 0 heterocycles. The highest BCUT2D eigenvalue weighted by atomic mass is 16.5. The maximum absolute atomic E-state index is 10.6. The van der Waals surface area contributed by atoms with E-state index >= 15 is 0 Å². The summed E-state index contributed by atoms with van der Waals surface area (Å²) in [4.78, 5) is 10.6. The van der Waals surface area contributed by atoms with Crippen LogP contribution in [0.15, 0.2) is 12.1 Å². The number of carboxylic acid groups (broad SMARTS) is 1. The molecule has 16 heavy (non-hydrogen) atoms. The van der Waals surface area contributed by atoms with E-state index in [0.29, 0.717) is 11.3 Å². The van der Waals surface area contributed by atoms with E-state index in [2.05, 4.69) is 0 Å². The number of benzene rings is 1. The smallest absolute Gasteiger partial charge is 0.307 e. The first-order chi connectivity index (χ1) is 7.63. The Kier molecular flexibility index (Phi) is 3.96. The molecule has 0 aromatic heterocycles. The van der Waals surface area contributed by atoms with Crippen molar-refractivity contribution in [2.45, 2.75) is 6.42 Å². The van der Waals surface area contributed by atoms with E-state index in [1.165, 1.54) is 14.2 Å². The summed E-state index contributed by atoms with van der Waals surface area (Å²) >= 11 is 0. The fourth-order valence-corrected chi connectivity index (χ4v) is 1.40. The average Bonchev–Trinajstić information content (AvgIpc) is 2.27. The van der Waals surface area contributed by atoms with Gasteiger partial charge in [-0.3, -0.25) is 15.5 Å². The number of hydrogen-bond acceptors (Lipinski definition) is 5. The highest BCUT2D eigenvalue weighted by Gasteiger charge is 2.16. The van der Waals surface area contributed by atoms with Crippen LogP contribution < -0.4 is 15.0 Å². The first kappa shape index (κ1) is 12.1. The minimum absolute atomic E-state index is 0.198. The maximum Gasteiger partial charge on any atom is 0.307 e. The Morgan fingerprint density at radius 3 is 2.50 bits per heavy atom. The number of nitrogens with one attached hydrogen (secondary N) is 1. The van der Waals surface area contributed by atoms with E-state index in [4.69, 9.17) is 19.8 Å². The predicted octanol–water partition coefficient (Wildman–Crippen LogP) is 1.13. The molecule has 0 bridgehead atoms. The van der Waals surface area contributed by atoms with Crippen LogP contribution in [0, 0.1) is 0 Å². The van der Waals surface area contributed by atoms with Crippen molar-refractivity contribution >= 4 is 11.7 Å². The third-order valence-corrected chi connectivity index (χ3v) is 2.09. The van der Waals surface area contributed by atoms with Gasteiger partial charge in [-0.2, -0.15) is 0 Å². The summed E-state index contributed by atoms with van der Waals surface area (Å²) < 4.78 is 10.1. The molecule has 0 unspecified atom stereocenters. The summed E-state index contributed by atoms with van der Waals surface area (Å²) in [6.45, 7) is 0. The van der Waals surface area contributed by atoms with Crippen molar-refractivity contribution in [2.24, 2.45) is 0 Å². The Bertz CT molecular complexity index is 391. The highest BCUT2D eigenvalue weighted by Crippen LogP contribution is 2.37. The van der Waals surface area contributed by atoms with Crippen LogP contribution in [0.2, 0.25) is 0 Å². The van der Waals surface area contributed by atoms with Crippen LogP contribution in [-0.2, 0) is 11.2 Å². The minimum atomic E-state index is -0.997. The van der Waals surface area contributed by atoms with Crippen molar-refractivity contribution < 1.29 is 24.6 Å². The molecule has 0 atom stereocenters. The summed E-state index contributed by atoms with van der Waals surface area (Å²) in [6.07, 6.45) is -0.219. The molecule has 0 spiro atoms. The van der Waals surface area contributed by atoms with Gasteiger partial charge in [0, 0.05) is 0 Å². The Morgan fingerprint density at radius 2 is 2.06 bits per heavy atom. The number of carboxylic acids is 1. The van der Waals surface area contributed by atoms with Gasteiger partial charge in [0.2, 0.25) is 0 Å². The predicted molar refractivity (Wildman–Crippen MR) is 56.3 cm³/mol. The van der Waals surface area contributed by atoms with Crippen LogP contribution in [0.3, 0.4) is 0 Å². The summed E-state index contributed by atoms with van der Waals surface area (Å²) in [5, 5.41) is 17.7. The van der Waals surface area contributed by atoms with E-state index in [9.17, 15) is 4.79 Å².